The van der Waals surface area contributed by atoms with Crippen LogP contribution in [-0.2, 0) is 14.3 Å². The fraction of sp³-hybridized carbons (Fsp3) is 0.909. The van der Waals surface area contributed by atoms with Gasteiger partial charge in [-0.3, -0.25) is 0 Å². The van der Waals surface area contributed by atoms with Gasteiger partial charge in [0.05, 0.1) is 13.2 Å². The third kappa shape index (κ3) is 14.0. The Labute approximate surface area is 114 Å². The fourth-order valence-corrected chi connectivity index (χ4v) is 1.58. The van der Waals surface area contributed by atoms with Crippen LogP contribution in [0.4, 0.5) is 0 Å². The predicted octanol–water partition coefficient (Wildman–Crippen LogP) is 1.89. The van der Waals surface area contributed by atoms with Crippen molar-refractivity contribution in [2.24, 2.45) is 0 Å². The van der Waals surface area contributed by atoms with Crippen molar-refractivity contribution in [2.45, 2.75) is 36.7 Å². The van der Waals surface area contributed by atoms with Gasteiger partial charge in [-0.1, -0.05) is 6.92 Å². The molecule has 0 aromatic rings. The van der Waals surface area contributed by atoms with Crippen molar-refractivity contribution in [1.82, 2.24) is 0 Å². The summed E-state index contributed by atoms with van der Waals surface area (Å²) in [6, 6.07) is 0. The van der Waals surface area contributed by atoms with Gasteiger partial charge in [-0.2, -0.15) is 25.3 Å². The van der Waals surface area contributed by atoms with Crippen molar-refractivity contribution in [1.29, 1.82) is 0 Å². The van der Waals surface area contributed by atoms with Gasteiger partial charge in [0.2, 0.25) is 0 Å². The largest absolute Gasteiger partial charge is 0.480 e. The fourth-order valence-electron chi connectivity index (χ4n) is 1.18. The van der Waals surface area contributed by atoms with Crippen LogP contribution in [0.2, 0.25) is 0 Å². The SMILES string of the molecule is CC(S)CCC(S)CCOCCOCC(=O)O. The van der Waals surface area contributed by atoms with Crippen LogP contribution in [0.25, 0.3) is 0 Å². The molecule has 0 rings (SSSR count). The summed E-state index contributed by atoms with van der Waals surface area (Å²) < 4.78 is 10.1. The highest BCUT2D eigenvalue weighted by molar-refractivity contribution is 7.81. The Bertz CT molecular complexity index is 200. The molecule has 0 bridgehead atoms. The summed E-state index contributed by atoms with van der Waals surface area (Å²) in [6.07, 6.45) is 2.98. The number of carboxylic acids is 1. The van der Waals surface area contributed by atoms with Crippen molar-refractivity contribution < 1.29 is 19.4 Å². The maximum atomic E-state index is 10.1. The molecule has 6 heteroatoms. The van der Waals surface area contributed by atoms with Crippen LogP contribution in [0.5, 0.6) is 0 Å². The summed E-state index contributed by atoms with van der Waals surface area (Å²) >= 11 is 8.76. The lowest BCUT2D eigenvalue weighted by molar-refractivity contribution is -0.142. The first-order chi connectivity index (χ1) is 8.02. The first kappa shape index (κ1) is 17.1. The van der Waals surface area contributed by atoms with Gasteiger partial charge in [0.1, 0.15) is 6.61 Å². The first-order valence-corrected chi connectivity index (χ1v) is 6.79. The molecule has 0 amide bonds. The molecule has 0 aliphatic heterocycles. The molecule has 17 heavy (non-hydrogen) atoms. The maximum Gasteiger partial charge on any atom is 0.329 e. The summed E-state index contributed by atoms with van der Waals surface area (Å²) in [7, 11) is 0. The molecule has 102 valence electrons. The molecule has 0 aliphatic rings. The highest BCUT2D eigenvalue weighted by Gasteiger charge is 2.05. The second-order valence-corrected chi connectivity index (χ2v) is 5.54. The van der Waals surface area contributed by atoms with Gasteiger partial charge in [0.25, 0.3) is 0 Å². The average molecular weight is 282 g/mol. The van der Waals surface area contributed by atoms with E-state index in [9.17, 15) is 4.79 Å². The zero-order valence-corrected chi connectivity index (χ0v) is 12.0. The topological polar surface area (TPSA) is 55.8 Å². The smallest absolute Gasteiger partial charge is 0.329 e. The monoisotopic (exact) mass is 282 g/mol. The molecular weight excluding hydrogens is 260 g/mol. The van der Waals surface area contributed by atoms with E-state index in [4.69, 9.17) is 14.6 Å². The van der Waals surface area contributed by atoms with Gasteiger partial charge < -0.3 is 14.6 Å². The molecule has 2 atom stereocenters. The minimum absolute atomic E-state index is 0.265. The minimum atomic E-state index is -0.957. The van der Waals surface area contributed by atoms with Crippen LogP contribution in [0, 0.1) is 0 Å². The normalized spacial score (nSPS) is 14.5. The van der Waals surface area contributed by atoms with Crippen LogP contribution >= 0.6 is 25.3 Å². The molecule has 4 nitrogen and oxygen atoms in total. The minimum Gasteiger partial charge on any atom is -0.480 e. The van der Waals surface area contributed by atoms with E-state index in [0.717, 1.165) is 19.3 Å². The zero-order valence-electron chi connectivity index (χ0n) is 10.2. The quantitative estimate of drug-likeness (QED) is 0.400. The number of ether oxygens (including phenoxy) is 2. The summed E-state index contributed by atoms with van der Waals surface area (Å²) in [5.74, 6) is -0.957. The molecule has 0 aromatic carbocycles. The van der Waals surface area contributed by atoms with Crippen molar-refractivity contribution >= 4 is 31.2 Å². The van der Waals surface area contributed by atoms with Gasteiger partial charge in [0.15, 0.2) is 0 Å². The first-order valence-electron chi connectivity index (χ1n) is 5.75. The molecule has 0 heterocycles. The molecule has 1 N–H and O–H groups in total. The number of hydrogen-bond acceptors (Lipinski definition) is 5. The van der Waals surface area contributed by atoms with Gasteiger partial charge in [0, 0.05) is 11.9 Å². The molecular formula is C11H22O4S2. The van der Waals surface area contributed by atoms with Gasteiger partial charge in [-0.25, -0.2) is 4.79 Å². The predicted molar refractivity (Wildman–Crippen MR) is 74.3 cm³/mol. The molecule has 2 unspecified atom stereocenters. The second kappa shape index (κ2) is 11.2. The third-order valence-electron chi connectivity index (χ3n) is 2.11. The summed E-state index contributed by atoms with van der Waals surface area (Å²) in [5.41, 5.74) is 0. The number of hydrogen-bond donors (Lipinski definition) is 3. The highest BCUT2D eigenvalue weighted by Crippen LogP contribution is 2.13. The Balaban J connectivity index is 3.19. The number of carboxylic acid groups (broad SMARTS) is 1. The number of aliphatic carboxylic acids is 1. The number of carbonyl (C=O) groups is 1. The molecule has 0 saturated heterocycles. The summed E-state index contributed by atoms with van der Waals surface area (Å²) in [6.45, 7) is 3.18. The van der Waals surface area contributed by atoms with Crippen LogP contribution < -0.4 is 0 Å². The van der Waals surface area contributed by atoms with Gasteiger partial charge in [-0.05, 0) is 24.5 Å². The van der Waals surface area contributed by atoms with Crippen LogP contribution in [0.15, 0.2) is 0 Å². The van der Waals surface area contributed by atoms with Crippen molar-refractivity contribution in [2.75, 3.05) is 26.4 Å². The molecule has 0 radical (unpaired) electrons. The van der Waals surface area contributed by atoms with Crippen molar-refractivity contribution in [3.8, 4) is 0 Å². The molecule has 0 aliphatic carbocycles. The van der Waals surface area contributed by atoms with E-state index in [0.29, 0.717) is 30.3 Å². The standard InChI is InChI=1S/C11H22O4S2/c1-9(16)2-3-10(17)4-5-14-6-7-15-8-11(12)13/h9-10,16-17H,2-8H2,1H3,(H,12,13). The Morgan fingerprint density at radius 1 is 1.12 bits per heavy atom. The van der Waals surface area contributed by atoms with E-state index in [1.54, 1.807) is 0 Å². The van der Waals surface area contributed by atoms with Gasteiger partial charge in [-0.15, -0.1) is 0 Å². The van der Waals surface area contributed by atoms with E-state index < -0.39 is 5.97 Å². The van der Waals surface area contributed by atoms with Crippen LogP contribution in [0.1, 0.15) is 26.2 Å². The second-order valence-electron chi connectivity index (χ2n) is 3.93. The lowest BCUT2D eigenvalue weighted by Crippen LogP contribution is -2.13. The Kier molecular flexibility index (Phi) is 11.3. The molecule has 0 saturated carbocycles. The number of rotatable bonds is 11. The van der Waals surface area contributed by atoms with E-state index in [1.807, 2.05) is 0 Å². The Morgan fingerprint density at radius 3 is 2.35 bits per heavy atom. The van der Waals surface area contributed by atoms with Gasteiger partial charge >= 0.3 is 5.97 Å². The van der Waals surface area contributed by atoms with E-state index in [2.05, 4.69) is 32.2 Å². The van der Waals surface area contributed by atoms with E-state index >= 15 is 0 Å². The van der Waals surface area contributed by atoms with Crippen LogP contribution in [0.3, 0.4) is 0 Å². The summed E-state index contributed by atoms with van der Waals surface area (Å²) in [4.78, 5) is 10.1. The Hall–Kier alpha value is 0.0900. The van der Waals surface area contributed by atoms with Crippen LogP contribution in [-0.4, -0.2) is 48.0 Å². The average Bonchev–Trinajstić information content (AvgIpc) is 2.24. The van der Waals surface area contributed by atoms with E-state index in [1.165, 1.54) is 0 Å². The number of thiol groups is 2. The lowest BCUT2D eigenvalue weighted by Gasteiger charge is -2.12. The molecule has 0 aromatic heterocycles. The van der Waals surface area contributed by atoms with Crippen molar-refractivity contribution in [3.63, 3.8) is 0 Å². The zero-order chi connectivity index (χ0) is 13.1. The molecule has 0 spiro atoms. The Morgan fingerprint density at radius 2 is 1.76 bits per heavy atom. The maximum absolute atomic E-state index is 10.1. The molecule has 0 fully saturated rings. The van der Waals surface area contributed by atoms with E-state index in [-0.39, 0.29) is 6.61 Å². The third-order valence-corrected chi connectivity index (χ3v) is 2.89. The van der Waals surface area contributed by atoms with Crippen molar-refractivity contribution in [3.05, 3.63) is 0 Å². The highest BCUT2D eigenvalue weighted by atomic mass is 32.1. The lowest BCUT2D eigenvalue weighted by atomic mass is 10.1. The summed E-state index contributed by atoms with van der Waals surface area (Å²) in [5, 5.41) is 9.06.